The Hall–Kier alpha value is -0.120. The van der Waals surface area contributed by atoms with Crippen molar-refractivity contribution in [3.05, 3.63) is 0 Å². The van der Waals surface area contributed by atoms with Crippen molar-refractivity contribution in [2.45, 2.75) is 76.5 Å². The van der Waals surface area contributed by atoms with Gasteiger partial charge in [0.25, 0.3) is 0 Å². The first-order valence-corrected chi connectivity index (χ1v) is 7.82. The fourth-order valence-electron chi connectivity index (χ4n) is 3.07. The molecule has 2 rings (SSSR count). The number of aliphatic hydroxyl groups is 1. The fourth-order valence-corrected chi connectivity index (χ4v) is 3.07. The average Bonchev–Trinajstić information content (AvgIpc) is 2.35. The normalized spacial score (nSPS) is 31.0. The highest BCUT2D eigenvalue weighted by Crippen LogP contribution is 2.29. The molecule has 2 saturated carbocycles. The summed E-state index contributed by atoms with van der Waals surface area (Å²) < 4.78 is 5.94. The lowest BCUT2D eigenvalue weighted by atomic mass is 9.85. The van der Waals surface area contributed by atoms with Crippen molar-refractivity contribution in [1.82, 2.24) is 5.32 Å². The van der Waals surface area contributed by atoms with E-state index >= 15 is 0 Å². The molecule has 2 aliphatic rings. The molecular weight excluding hydrogens is 226 g/mol. The van der Waals surface area contributed by atoms with Gasteiger partial charge in [0.1, 0.15) is 0 Å². The predicted molar refractivity (Wildman–Crippen MR) is 73.6 cm³/mol. The second-order valence-corrected chi connectivity index (χ2v) is 6.01. The molecule has 0 radical (unpaired) electrons. The number of ether oxygens (including phenoxy) is 1. The zero-order valence-electron chi connectivity index (χ0n) is 11.7. The monoisotopic (exact) mass is 255 g/mol. The van der Waals surface area contributed by atoms with E-state index < -0.39 is 0 Å². The van der Waals surface area contributed by atoms with E-state index in [4.69, 9.17) is 4.74 Å². The number of hydrogen-bond donors (Lipinski definition) is 2. The third-order valence-electron chi connectivity index (χ3n) is 4.61. The summed E-state index contributed by atoms with van der Waals surface area (Å²) in [5.41, 5.74) is 0. The average molecular weight is 255 g/mol. The van der Waals surface area contributed by atoms with Crippen LogP contribution in [0.5, 0.6) is 0 Å². The SMILES string of the molecule is CCC1CCCCC1OCC(O)CNC1CCC1. The van der Waals surface area contributed by atoms with Crippen molar-refractivity contribution in [2.75, 3.05) is 13.2 Å². The number of nitrogens with one attached hydrogen (secondary N) is 1. The van der Waals surface area contributed by atoms with Gasteiger partial charge < -0.3 is 15.2 Å². The summed E-state index contributed by atoms with van der Waals surface area (Å²) >= 11 is 0. The zero-order chi connectivity index (χ0) is 12.8. The quantitative estimate of drug-likeness (QED) is 0.734. The smallest absolute Gasteiger partial charge is 0.0897 e. The molecule has 3 heteroatoms. The second-order valence-electron chi connectivity index (χ2n) is 6.01. The van der Waals surface area contributed by atoms with Crippen LogP contribution in [0.15, 0.2) is 0 Å². The summed E-state index contributed by atoms with van der Waals surface area (Å²) in [6.07, 6.45) is 10.3. The van der Waals surface area contributed by atoms with Crippen LogP contribution in [-0.4, -0.2) is 36.5 Å². The molecule has 0 aromatic rings. The molecule has 18 heavy (non-hydrogen) atoms. The molecule has 0 aliphatic heterocycles. The fraction of sp³-hybridized carbons (Fsp3) is 1.00. The highest BCUT2D eigenvalue weighted by Gasteiger charge is 2.25. The van der Waals surface area contributed by atoms with Crippen molar-refractivity contribution in [3.63, 3.8) is 0 Å². The maximum Gasteiger partial charge on any atom is 0.0897 e. The summed E-state index contributed by atoms with van der Waals surface area (Å²) in [7, 11) is 0. The first-order chi connectivity index (χ1) is 8.79. The molecule has 3 nitrogen and oxygen atoms in total. The molecule has 0 spiro atoms. The van der Waals surface area contributed by atoms with E-state index in [9.17, 15) is 5.11 Å². The topological polar surface area (TPSA) is 41.5 Å². The van der Waals surface area contributed by atoms with Crippen LogP contribution in [0.2, 0.25) is 0 Å². The van der Waals surface area contributed by atoms with Crippen molar-refractivity contribution >= 4 is 0 Å². The Morgan fingerprint density at radius 1 is 1.17 bits per heavy atom. The maximum absolute atomic E-state index is 9.92. The minimum atomic E-state index is -0.343. The van der Waals surface area contributed by atoms with Gasteiger partial charge in [0, 0.05) is 12.6 Å². The van der Waals surface area contributed by atoms with E-state index in [2.05, 4.69) is 12.2 Å². The minimum absolute atomic E-state index is 0.343. The third kappa shape index (κ3) is 4.22. The second kappa shape index (κ2) is 7.46. The summed E-state index contributed by atoms with van der Waals surface area (Å²) in [5.74, 6) is 0.713. The highest BCUT2D eigenvalue weighted by molar-refractivity contribution is 4.78. The lowest BCUT2D eigenvalue weighted by Crippen LogP contribution is -2.42. The Morgan fingerprint density at radius 3 is 2.61 bits per heavy atom. The standard InChI is InChI=1S/C15H29NO2/c1-2-12-6-3-4-9-15(12)18-11-14(17)10-16-13-7-5-8-13/h12-17H,2-11H2,1H3. The van der Waals surface area contributed by atoms with Gasteiger partial charge in [-0.3, -0.25) is 0 Å². The van der Waals surface area contributed by atoms with Crippen molar-refractivity contribution in [1.29, 1.82) is 0 Å². The largest absolute Gasteiger partial charge is 0.389 e. The number of hydrogen-bond acceptors (Lipinski definition) is 3. The van der Waals surface area contributed by atoms with Crippen LogP contribution in [0.25, 0.3) is 0 Å². The van der Waals surface area contributed by atoms with Crippen LogP contribution in [0.4, 0.5) is 0 Å². The summed E-state index contributed by atoms with van der Waals surface area (Å²) in [6.45, 7) is 3.44. The van der Waals surface area contributed by atoms with E-state index in [0.29, 0.717) is 31.2 Å². The Kier molecular flexibility index (Phi) is 5.93. The third-order valence-corrected chi connectivity index (χ3v) is 4.61. The minimum Gasteiger partial charge on any atom is -0.389 e. The molecule has 0 bridgehead atoms. The van der Waals surface area contributed by atoms with E-state index in [1.54, 1.807) is 0 Å². The van der Waals surface area contributed by atoms with Gasteiger partial charge >= 0.3 is 0 Å². The van der Waals surface area contributed by atoms with Gasteiger partial charge in [-0.25, -0.2) is 0 Å². The molecule has 3 atom stereocenters. The summed E-state index contributed by atoms with van der Waals surface area (Å²) in [5, 5.41) is 13.3. The molecule has 106 valence electrons. The van der Waals surface area contributed by atoms with Crippen LogP contribution in [-0.2, 0) is 4.74 Å². The molecule has 0 aromatic carbocycles. The van der Waals surface area contributed by atoms with Crippen LogP contribution in [0.1, 0.15) is 58.3 Å². The number of aliphatic hydroxyl groups excluding tert-OH is 1. The van der Waals surface area contributed by atoms with Gasteiger partial charge in [-0.05, 0) is 31.6 Å². The van der Waals surface area contributed by atoms with E-state index in [0.717, 1.165) is 0 Å². The van der Waals surface area contributed by atoms with Gasteiger partial charge in [-0.1, -0.05) is 32.6 Å². The first-order valence-electron chi connectivity index (χ1n) is 7.82. The lowest BCUT2D eigenvalue weighted by Gasteiger charge is -2.32. The molecule has 0 saturated heterocycles. The van der Waals surface area contributed by atoms with Gasteiger partial charge in [0.2, 0.25) is 0 Å². The first kappa shape index (κ1) is 14.3. The van der Waals surface area contributed by atoms with Crippen LogP contribution in [0, 0.1) is 5.92 Å². The van der Waals surface area contributed by atoms with Crippen LogP contribution >= 0.6 is 0 Å². The lowest BCUT2D eigenvalue weighted by molar-refractivity contribution is -0.0507. The van der Waals surface area contributed by atoms with Crippen molar-refractivity contribution in [3.8, 4) is 0 Å². The van der Waals surface area contributed by atoms with Gasteiger partial charge in [-0.15, -0.1) is 0 Å². The highest BCUT2D eigenvalue weighted by atomic mass is 16.5. The van der Waals surface area contributed by atoms with E-state index in [-0.39, 0.29) is 6.10 Å². The summed E-state index contributed by atoms with van der Waals surface area (Å²) in [6, 6.07) is 0.651. The van der Waals surface area contributed by atoms with Crippen molar-refractivity contribution < 1.29 is 9.84 Å². The number of rotatable bonds is 7. The Bertz CT molecular complexity index is 231. The Balaban J connectivity index is 1.59. The van der Waals surface area contributed by atoms with E-state index in [1.807, 2.05) is 0 Å². The Labute approximate surface area is 111 Å². The van der Waals surface area contributed by atoms with Crippen LogP contribution < -0.4 is 5.32 Å². The van der Waals surface area contributed by atoms with Gasteiger partial charge in [-0.2, -0.15) is 0 Å². The molecule has 0 amide bonds. The molecule has 3 unspecified atom stereocenters. The molecule has 0 aromatic heterocycles. The molecular formula is C15H29NO2. The van der Waals surface area contributed by atoms with Crippen molar-refractivity contribution in [2.24, 2.45) is 5.92 Å². The van der Waals surface area contributed by atoms with Gasteiger partial charge in [0.15, 0.2) is 0 Å². The Morgan fingerprint density at radius 2 is 1.94 bits per heavy atom. The molecule has 2 N–H and O–H groups in total. The summed E-state index contributed by atoms with van der Waals surface area (Å²) in [4.78, 5) is 0. The predicted octanol–water partition coefficient (Wildman–Crippen LogP) is 2.47. The molecule has 0 heterocycles. The van der Waals surface area contributed by atoms with E-state index in [1.165, 1.54) is 51.4 Å². The van der Waals surface area contributed by atoms with Crippen LogP contribution in [0.3, 0.4) is 0 Å². The van der Waals surface area contributed by atoms with Gasteiger partial charge in [0.05, 0.1) is 18.8 Å². The maximum atomic E-state index is 9.92. The zero-order valence-corrected chi connectivity index (χ0v) is 11.7. The molecule has 2 fully saturated rings. The molecule has 2 aliphatic carbocycles.